The van der Waals surface area contributed by atoms with E-state index in [1.807, 2.05) is 6.92 Å². The maximum atomic E-state index is 13.3. The number of carbonyl (C=O) groups is 1. The summed E-state index contributed by atoms with van der Waals surface area (Å²) >= 11 is 0. The molecule has 0 aliphatic carbocycles. The zero-order chi connectivity index (χ0) is 19.6. The molecule has 1 amide bonds. The first kappa shape index (κ1) is 18.9. The van der Waals surface area contributed by atoms with Crippen molar-refractivity contribution >= 4 is 16.8 Å². The second kappa shape index (κ2) is 7.78. The topological polar surface area (TPSA) is 54.3 Å². The molecular formula is C21H22F2N2O2. The highest BCUT2D eigenvalue weighted by Crippen LogP contribution is 2.29. The number of unbranched alkanes of at least 4 members (excludes halogenated alkanes) is 1. The van der Waals surface area contributed by atoms with E-state index in [0.29, 0.717) is 16.5 Å². The van der Waals surface area contributed by atoms with Gasteiger partial charge in [0.2, 0.25) is 0 Å². The van der Waals surface area contributed by atoms with Crippen LogP contribution in [0.5, 0.6) is 5.75 Å². The molecule has 0 atom stereocenters. The predicted octanol–water partition coefficient (Wildman–Crippen LogP) is 4.66. The van der Waals surface area contributed by atoms with Gasteiger partial charge in [0.15, 0.2) is 11.6 Å². The molecular weight excluding hydrogens is 350 g/mol. The molecule has 142 valence electrons. The molecule has 27 heavy (non-hydrogen) atoms. The van der Waals surface area contributed by atoms with Crippen molar-refractivity contribution in [1.29, 1.82) is 0 Å². The van der Waals surface area contributed by atoms with Crippen LogP contribution >= 0.6 is 0 Å². The number of nitrogens with one attached hydrogen (secondary N) is 1. The highest BCUT2D eigenvalue weighted by atomic mass is 19.2. The lowest BCUT2D eigenvalue weighted by Gasteiger charge is -2.09. The second-order valence-corrected chi connectivity index (χ2v) is 6.60. The Labute approximate surface area is 156 Å². The van der Waals surface area contributed by atoms with Gasteiger partial charge in [-0.05, 0) is 49.2 Å². The molecule has 6 heteroatoms. The van der Waals surface area contributed by atoms with Crippen molar-refractivity contribution in [2.45, 2.75) is 39.8 Å². The largest absolute Gasteiger partial charge is 0.508 e. The predicted molar refractivity (Wildman–Crippen MR) is 101 cm³/mol. The van der Waals surface area contributed by atoms with E-state index >= 15 is 0 Å². The first-order valence-corrected chi connectivity index (χ1v) is 8.96. The monoisotopic (exact) mass is 372 g/mol. The van der Waals surface area contributed by atoms with Crippen molar-refractivity contribution in [3.8, 4) is 5.75 Å². The summed E-state index contributed by atoms with van der Waals surface area (Å²) in [7, 11) is 0. The molecule has 0 saturated heterocycles. The van der Waals surface area contributed by atoms with Gasteiger partial charge < -0.3 is 15.0 Å². The van der Waals surface area contributed by atoms with Crippen molar-refractivity contribution in [2.75, 3.05) is 0 Å². The third kappa shape index (κ3) is 3.79. The van der Waals surface area contributed by atoms with Crippen LogP contribution in [0.2, 0.25) is 0 Å². The number of hydrogen-bond acceptors (Lipinski definition) is 2. The standard InChI is InChI=1S/C21H22F2N2O2/c1-3-4-9-25-13(2)20(16-11-15(26)6-8-19(16)25)21(27)24-12-14-5-7-17(22)18(23)10-14/h5-8,10-11,26H,3-4,9,12H2,1-2H3,(H,24,27). The van der Waals surface area contributed by atoms with Crippen LogP contribution in [0.15, 0.2) is 36.4 Å². The van der Waals surface area contributed by atoms with Crippen LogP contribution in [-0.2, 0) is 13.1 Å². The fourth-order valence-electron chi connectivity index (χ4n) is 3.28. The number of aromatic nitrogens is 1. The Kier molecular flexibility index (Phi) is 5.44. The van der Waals surface area contributed by atoms with Gasteiger partial charge in [0.1, 0.15) is 5.75 Å². The lowest BCUT2D eigenvalue weighted by Crippen LogP contribution is -2.23. The quantitative estimate of drug-likeness (QED) is 0.661. The van der Waals surface area contributed by atoms with Crippen LogP contribution in [0.3, 0.4) is 0 Å². The summed E-state index contributed by atoms with van der Waals surface area (Å²) in [5.41, 5.74) is 2.65. The summed E-state index contributed by atoms with van der Waals surface area (Å²) in [6.07, 6.45) is 2.00. The van der Waals surface area contributed by atoms with Crippen molar-refractivity contribution < 1.29 is 18.7 Å². The third-order valence-electron chi connectivity index (χ3n) is 4.71. The number of aryl methyl sites for hydroxylation is 1. The summed E-state index contributed by atoms with van der Waals surface area (Å²) in [5.74, 6) is -2.10. The summed E-state index contributed by atoms with van der Waals surface area (Å²) < 4.78 is 28.5. The average Bonchev–Trinajstić information content (AvgIpc) is 2.91. The van der Waals surface area contributed by atoms with Gasteiger partial charge >= 0.3 is 0 Å². The second-order valence-electron chi connectivity index (χ2n) is 6.60. The number of rotatable bonds is 6. The van der Waals surface area contributed by atoms with Crippen LogP contribution < -0.4 is 5.32 Å². The van der Waals surface area contributed by atoms with Crippen molar-refractivity contribution in [2.24, 2.45) is 0 Å². The minimum absolute atomic E-state index is 0.0793. The van der Waals surface area contributed by atoms with Crippen LogP contribution in [0.4, 0.5) is 8.78 Å². The molecule has 0 bridgehead atoms. The minimum atomic E-state index is -0.945. The van der Waals surface area contributed by atoms with Gasteiger partial charge in [0, 0.05) is 29.7 Å². The molecule has 1 aromatic heterocycles. The maximum absolute atomic E-state index is 13.3. The molecule has 2 aromatic carbocycles. The molecule has 1 heterocycles. The summed E-state index contributed by atoms with van der Waals surface area (Å²) in [6, 6.07) is 8.53. The van der Waals surface area contributed by atoms with Crippen LogP contribution in [0, 0.1) is 18.6 Å². The first-order valence-electron chi connectivity index (χ1n) is 8.96. The summed E-state index contributed by atoms with van der Waals surface area (Å²) in [5, 5.41) is 13.3. The number of nitrogens with zero attached hydrogens (tertiary/aromatic N) is 1. The molecule has 0 saturated carbocycles. The summed E-state index contributed by atoms with van der Waals surface area (Å²) in [6.45, 7) is 4.83. The molecule has 4 nitrogen and oxygen atoms in total. The van der Waals surface area contributed by atoms with E-state index in [1.165, 1.54) is 6.07 Å². The van der Waals surface area contributed by atoms with Gasteiger partial charge in [-0.3, -0.25) is 4.79 Å². The van der Waals surface area contributed by atoms with E-state index in [-0.39, 0.29) is 18.2 Å². The lowest BCUT2D eigenvalue weighted by molar-refractivity contribution is 0.0951. The number of hydrogen-bond donors (Lipinski definition) is 2. The fourth-order valence-corrected chi connectivity index (χ4v) is 3.28. The molecule has 0 aliphatic rings. The SMILES string of the molecule is CCCCn1c(C)c(C(=O)NCc2ccc(F)c(F)c2)c2cc(O)ccc21. The maximum Gasteiger partial charge on any atom is 0.254 e. The van der Waals surface area contributed by atoms with Crippen molar-refractivity contribution in [1.82, 2.24) is 9.88 Å². The molecule has 2 N–H and O–H groups in total. The number of benzene rings is 2. The number of halogens is 2. The Morgan fingerprint density at radius 3 is 2.63 bits per heavy atom. The van der Waals surface area contributed by atoms with Gasteiger partial charge in [-0.1, -0.05) is 19.4 Å². The molecule has 0 aliphatic heterocycles. The lowest BCUT2D eigenvalue weighted by atomic mass is 10.1. The molecule has 3 aromatic rings. The van der Waals surface area contributed by atoms with Crippen LogP contribution in [0.1, 0.15) is 41.4 Å². The van der Waals surface area contributed by atoms with Gasteiger partial charge in [0.25, 0.3) is 5.91 Å². The zero-order valence-corrected chi connectivity index (χ0v) is 15.4. The van der Waals surface area contributed by atoms with E-state index < -0.39 is 11.6 Å². The summed E-state index contributed by atoms with van der Waals surface area (Å²) in [4.78, 5) is 12.8. The van der Waals surface area contributed by atoms with Crippen LogP contribution in [-0.4, -0.2) is 15.6 Å². The van der Waals surface area contributed by atoms with E-state index in [9.17, 15) is 18.7 Å². The smallest absolute Gasteiger partial charge is 0.254 e. The highest BCUT2D eigenvalue weighted by Gasteiger charge is 2.20. The fraction of sp³-hybridized carbons (Fsp3) is 0.286. The number of carbonyl (C=O) groups excluding carboxylic acids is 1. The number of fused-ring (bicyclic) bond motifs is 1. The Morgan fingerprint density at radius 2 is 1.93 bits per heavy atom. The molecule has 3 rings (SSSR count). The average molecular weight is 372 g/mol. The van der Waals surface area contributed by atoms with E-state index in [4.69, 9.17) is 0 Å². The Morgan fingerprint density at radius 1 is 1.15 bits per heavy atom. The number of amides is 1. The number of phenols is 1. The van der Waals surface area contributed by atoms with E-state index in [1.54, 1.807) is 18.2 Å². The highest BCUT2D eigenvalue weighted by molar-refractivity contribution is 6.08. The minimum Gasteiger partial charge on any atom is -0.508 e. The Balaban J connectivity index is 1.92. The Hall–Kier alpha value is -2.89. The first-order chi connectivity index (χ1) is 12.9. The van der Waals surface area contributed by atoms with Gasteiger partial charge in [-0.15, -0.1) is 0 Å². The van der Waals surface area contributed by atoms with Crippen LogP contribution in [0.25, 0.3) is 10.9 Å². The molecule has 0 spiro atoms. The van der Waals surface area contributed by atoms with Crippen molar-refractivity contribution in [3.63, 3.8) is 0 Å². The van der Waals surface area contributed by atoms with E-state index in [0.717, 1.165) is 42.7 Å². The van der Waals surface area contributed by atoms with E-state index in [2.05, 4.69) is 16.8 Å². The zero-order valence-electron chi connectivity index (χ0n) is 15.4. The van der Waals surface area contributed by atoms with Crippen molar-refractivity contribution in [3.05, 3.63) is 64.9 Å². The molecule has 0 unspecified atom stereocenters. The Bertz CT molecular complexity index is 996. The molecule has 0 fully saturated rings. The van der Waals surface area contributed by atoms with Gasteiger partial charge in [-0.2, -0.15) is 0 Å². The van der Waals surface area contributed by atoms with Gasteiger partial charge in [-0.25, -0.2) is 8.78 Å². The normalized spacial score (nSPS) is 11.1. The molecule has 0 radical (unpaired) electrons. The number of aromatic hydroxyl groups is 1. The third-order valence-corrected chi connectivity index (χ3v) is 4.71. The number of phenolic OH excluding ortho intramolecular Hbond substituents is 1. The van der Waals surface area contributed by atoms with Gasteiger partial charge in [0.05, 0.1) is 5.56 Å².